The maximum absolute atomic E-state index is 11.1. The highest BCUT2D eigenvalue weighted by Gasteiger charge is 2.11. The number of anilines is 1. The minimum absolute atomic E-state index is 0.155. The summed E-state index contributed by atoms with van der Waals surface area (Å²) in [5.74, 6) is 0.370. The van der Waals surface area contributed by atoms with E-state index in [-0.39, 0.29) is 12.5 Å². The summed E-state index contributed by atoms with van der Waals surface area (Å²) in [6.45, 7) is 0.155. The third kappa shape index (κ3) is 3.03. The first-order valence-corrected chi connectivity index (χ1v) is 5.07. The zero-order valence-electron chi connectivity index (χ0n) is 9.49. The van der Waals surface area contributed by atoms with Gasteiger partial charge in [0.2, 0.25) is 0 Å². The van der Waals surface area contributed by atoms with E-state index in [1.54, 1.807) is 37.3 Å². The Labute approximate surface area is 99.7 Å². The normalized spacial score (nSPS) is 9.75. The minimum Gasteiger partial charge on any atom is -0.497 e. The number of carbonyl (C=O) groups is 1. The first kappa shape index (κ1) is 12.6. The van der Waals surface area contributed by atoms with E-state index in [0.717, 1.165) is 5.69 Å². The SMILES string of the molecule is COC(=O)CN(C)c1ccc(OC)cc1Cl. The van der Waals surface area contributed by atoms with Crippen LogP contribution >= 0.6 is 11.6 Å². The Kier molecular flexibility index (Phi) is 4.43. The van der Waals surface area contributed by atoms with Crippen molar-refractivity contribution >= 4 is 23.3 Å². The third-order valence-corrected chi connectivity index (χ3v) is 2.46. The van der Waals surface area contributed by atoms with Gasteiger partial charge in [-0.3, -0.25) is 4.79 Å². The van der Waals surface area contributed by atoms with Crippen LogP contribution in [0.5, 0.6) is 5.75 Å². The minimum atomic E-state index is -0.311. The highest BCUT2D eigenvalue weighted by Crippen LogP contribution is 2.28. The van der Waals surface area contributed by atoms with Gasteiger partial charge in [0.1, 0.15) is 12.3 Å². The summed E-state index contributed by atoms with van der Waals surface area (Å²) in [4.78, 5) is 12.8. The highest BCUT2D eigenvalue weighted by molar-refractivity contribution is 6.33. The van der Waals surface area contributed by atoms with Gasteiger partial charge in [0.05, 0.1) is 24.9 Å². The van der Waals surface area contributed by atoms with Gasteiger partial charge in [-0.05, 0) is 12.1 Å². The predicted molar refractivity (Wildman–Crippen MR) is 63.3 cm³/mol. The second kappa shape index (κ2) is 5.61. The number of hydrogen-bond donors (Lipinski definition) is 0. The summed E-state index contributed by atoms with van der Waals surface area (Å²) < 4.78 is 9.62. The molecule has 0 fully saturated rings. The molecule has 0 bridgehead atoms. The number of esters is 1. The molecule has 88 valence electrons. The van der Waals surface area contributed by atoms with Gasteiger partial charge in [0, 0.05) is 13.1 Å². The van der Waals surface area contributed by atoms with Crippen molar-refractivity contribution in [1.29, 1.82) is 0 Å². The molecule has 0 spiro atoms. The Morgan fingerprint density at radius 3 is 2.62 bits per heavy atom. The second-order valence-corrected chi connectivity index (χ2v) is 3.66. The molecular formula is C11H14ClNO3. The number of halogens is 1. The van der Waals surface area contributed by atoms with Gasteiger partial charge in [-0.15, -0.1) is 0 Å². The fraction of sp³-hybridized carbons (Fsp3) is 0.364. The molecule has 16 heavy (non-hydrogen) atoms. The van der Waals surface area contributed by atoms with Crippen LogP contribution in [0.2, 0.25) is 5.02 Å². The van der Waals surface area contributed by atoms with Crippen molar-refractivity contribution in [2.24, 2.45) is 0 Å². The quantitative estimate of drug-likeness (QED) is 0.758. The van der Waals surface area contributed by atoms with Gasteiger partial charge < -0.3 is 14.4 Å². The number of ether oxygens (including phenoxy) is 2. The first-order valence-electron chi connectivity index (χ1n) is 4.70. The molecule has 0 aliphatic heterocycles. The zero-order valence-corrected chi connectivity index (χ0v) is 10.2. The summed E-state index contributed by atoms with van der Waals surface area (Å²) in [7, 11) is 4.69. The van der Waals surface area contributed by atoms with Gasteiger partial charge >= 0.3 is 5.97 Å². The van der Waals surface area contributed by atoms with E-state index in [2.05, 4.69) is 4.74 Å². The Morgan fingerprint density at radius 2 is 2.12 bits per heavy atom. The van der Waals surface area contributed by atoms with Gasteiger partial charge in [-0.2, -0.15) is 0 Å². The smallest absolute Gasteiger partial charge is 0.325 e. The van der Waals surface area contributed by atoms with Crippen LogP contribution in [-0.2, 0) is 9.53 Å². The molecule has 5 heteroatoms. The number of benzene rings is 1. The van der Waals surface area contributed by atoms with E-state index < -0.39 is 0 Å². The molecular weight excluding hydrogens is 230 g/mol. The molecule has 0 heterocycles. The van der Waals surface area contributed by atoms with Crippen molar-refractivity contribution < 1.29 is 14.3 Å². The van der Waals surface area contributed by atoms with E-state index in [1.807, 2.05) is 0 Å². The average Bonchev–Trinajstić information content (AvgIpc) is 2.28. The molecule has 0 N–H and O–H groups in total. The van der Waals surface area contributed by atoms with Crippen LogP contribution in [-0.4, -0.2) is 33.8 Å². The Morgan fingerprint density at radius 1 is 1.44 bits per heavy atom. The van der Waals surface area contributed by atoms with E-state index in [4.69, 9.17) is 16.3 Å². The van der Waals surface area contributed by atoms with Crippen LogP contribution in [0.4, 0.5) is 5.69 Å². The molecule has 0 aromatic heterocycles. The summed E-state index contributed by atoms with van der Waals surface area (Å²) in [5, 5.41) is 0.533. The number of methoxy groups -OCH3 is 2. The number of likely N-dealkylation sites (N-methyl/N-ethyl adjacent to an activating group) is 1. The van der Waals surface area contributed by atoms with Crippen molar-refractivity contribution in [3.8, 4) is 5.75 Å². The van der Waals surface area contributed by atoms with E-state index >= 15 is 0 Å². The maximum atomic E-state index is 11.1. The van der Waals surface area contributed by atoms with Crippen molar-refractivity contribution in [2.45, 2.75) is 0 Å². The lowest BCUT2D eigenvalue weighted by molar-refractivity contribution is -0.138. The average molecular weight is 244 g/mol. The van der Waals surface area contributed by atoms with Gasteiger partial charge in [0.15, 0.2) is 0 Å². The maximum Gasteiger partial charge on any atom is 0.325 e. The lowest BCUT2D eigenvalue weighted by atomic mass is 10.3. The summed E-state index contributed by atoms with van der Waals surface area (Å²) in [6, 6.07) is 5.28. The lowest BCUT2D eigenvalue weighted by Gasteiger charge is -2.19. The van der Waals surface area contributed by atoms with E-state index in [0.29, 0.717) is 10.8 Å². The number of carbonyl (C=O) groups excluding carboxylic acids is 1. The number of hydrogen-bond acceptors (Lipinski definition) is 4. The van der Waals surface area contributed by atoms with Crippen LogP contribution in [0.3, 0.4) is 0 Å². The largest absolute Gasteiger partial charge is 0.497 e. The molecule has 1 aromatic carbocycles. The van der Waals surface area contributed by atoms with Crippen LogP contribution in [0.15, 0.2) is 18.2 Å². The lowest BCUT2D eigenvalue weighted by Crippen LogP contribution is -2.26. The first-order chi connectivity index (χ1) is 7.58. The Balaban J connectivity index is 2.83. The molecule has 1 rings (SSSR count). The zero-order chi connectivity index (χ0) is 12.1. The Hall–Kier alpha value is -1.42. The topological polar surface area (TPSA) is 38.8 Å². The molecule has 0 amide bonds. The third-order valence-electron chi connectivity index (χ3n) is 2.16. The molecule has 0 atom stereocenters. The highest BCUT2D eigenvalue weighted by atomic mass is 35.5. The molecule has 0 aliphatic rings. The molecule has 0 saturated heterocycles. The van der Waals surface area contributed by atoms with Crippen molar-refractivity contribution in [2.75, 3.05) is 32.7 Å². The van der Waals surface area contributed by atoms with Gasteiger partial charge in [-0.1, -0.05) is 11.6 Å². The fourth-order valence-corrected chi connectivity index (χ4v) is 1.58. The van der Waals surface area contributed by atoms with Gasteiger partial charge in [-0.25, -0.2) is 0 Å². The summed E-state index contributed by atoms with van der Waals surface area (Å²) in [5.41, 5.74) is 0.757. The van der Waals surface area contributed by atoms with Crippen molar-refractivity contribution in [1.82, 2.24) is 0 Å². The fourth-order valence-electron chi connectivity index (χ4n) is 1.27. The molecule has 0 unspecified atom stereocenters. The van der Waals surface area contributed by atoms with Crippen LogP contribution < -0.4 is 9.64 Å². The van der Waals surface area contributed by atoms with E-state index in [1.165, 1.54) is 7.11 Å². The molecule has 0 radical (unpaired) electrons. The van der Waals surface area contributed by atoms with Crippen molar-refractivity contribution in [3.05, 3.63) is 23.2 Å². The standard InChI is InChI=1S/C11H14ClNO3/c1-13(7-11(14)16-3)10-5-4-8(15-2)6-9(10)12/h4-6H,7H2,1-3H3. The second-order valence-electron chi connectivity index (χ2n) is 3.25. The predicted octanol–water partition coefficient (Wildman–Crippen LogP) is 1.96. The molecule has 0 aliphatic carbocycles. The number of rotatable bonds is 4. The van der Waals surface area contributed by atoms with Gasteiger partial charge in [0.25, 0.3) is 0 Å². The van der Waals surface area contributed by atoms with Crippen molar-refractivity contribution in [3.63, 3.8) is 0 Å². The summed E-state index contributed by atoms with van der Waals surface area (Å²) >= 11 is 6.06. The van der Waals surface area contributed by atoms with Crippen LogP contribution in [0, 0.1) is 0 Å². The van der Waals surface area contributed by atoms with Crippen LogP contribution in [0.25, 0.3) is 0 Å². The Bertz CT molecular complexity index is 381. The summed E-state index contributed by atoms with van der Waals surface area (Å²) in [6.07, 6.45) is 0. The molecule has 1 aromatic rings. The number of nitrogens with zero attached hydrogens (tertiary/aromatic N) is 1. The molecule has 0 saturated carbocycles. The molecule has 4 nitrogen and oxygen atoms in total. The monoisotopic (exact) mass is 243 g/mol. The van der Waals surface area contributed by atoms with E-state index in [9.17, 15) is 4.79 Å². The van der Waals surface area contributed by atoms with Crippen LogP contribution in [0.1, 0.15) is 0 Å².